The Hall–Kier alpha value is -1.84. The van der Waals surface area contributed by atoms with Gasteiger partial charge in [-0.1, -0.05) is 43.2 Å². The first-order valence-electron chi connectivity index (χ1n) is 7.14. The molecule has 0 spiro atoms. The van der Waals surface area contributed by atoms with Crippen LogP contribution in [0.2, 0.25) is 0 Å². The van der Waals surface area contributed by atoms with Gasteiger partial charge in [-0.15, -0.1) is 0 Å². The van der Waals surface area contributed by atoms with Crippen molar-refractivity contribution in [1.29, 1.82) is 0 Å². The topological polar surface area (TPSA) is 55.4 Å². The number of carbonyl (C=O) groups is 2. The third-order valence-electron chi connectivity index (χ3n) is 3.71. The second kappa shape index (κ2) is 7.08. The first-order valence-corrected chi connectivity index (χ1v) is 7.14. The Morgan fingerprint density at radius 1 is 1.25 bits per heavy atom. The average molecular weight is 275 g/mol. The second-order valence-corrected chi connectivity index (χ2v) is 5.32. The van der Waals surface area contributed by atoms with Gasteiger partial charge in [-0.25, -0.2) is 4.79 Å². The van der Waals surface area contributed by atoms with Gasteiger partial charge in [0.1, 0.15) is 12.6 Å². The molecule has 1 aromatic carbocycles. The van der Waals surface area contributed by atoms with Crippen LogP contribution in [0.15, 0.2) is 30.3 Å². The summed E-state index contributed by atoms with van der Waals surface area (Å²) in [5.74, 6) is -0.295. The molecule has 0 radical (unpaired) electrons. The number of hydrogen-bond acceptors (Lipinski definition) is 3. The Balaban J connectivity index is 1.93. The zero-order valence-corrected chi connectivity index (χ0v) is 11.8. The molecule has 4 nitrogen and oxygen atoms in total. The van der Waals surface area contributed by atoms with Crippen LogP contribution in [-0.4, -0.2) is 17.9 Å². The molecule has 0 saturated heterocycles. The molecule has 4 heteroatoms. The van der Waals surface area contributed by atoms with E-state index in [4.69, 9.17) is 4.74 Å². The van der Waals surface area contributed by atoms with Crippen LogP contribution in [0.1, 0.15) is 38.2 Å². The van der Waals surface area contributed by atoms with Crippen molar-refractivity contribution >= 4 is 11.9 Å². The molecule has 1 unspecified atom stereocenters. The Morgan fingerprint density at radius 2 is 1.90 bits per heavy atom. The number of esters is 1. The van der Waals surface area contributed by atoms with Crippen LogP contribution in [0.25, 0.3) is 0 Å². The van der Waals surface area contributed by atoms with Gasteiger partial charge in [0, 0.05) is 6.92 Å². The Bertz CT molecular complexity index is 452. The summed E-state index contributed by atoms with van der Waals surface area (Å²) in [4.78, 5) is 23.5. The summed E-state index contributed by atoms with van der Waals surface area (Å²) in [5, 5.41) is 2.74. The Kier molecular flexibility index (Phi) is 5.16. The predicted octanol–water partition coefficient (Wildman–Crippen LogP) is 2.42. The van der Waals surface area contributed by atoms with Crippen LogP contribution in [0, 0.1) is 5.92 Å². The fraction of sp³-hybridized carbons (Fsp3) is 0.500. The third-order valence-corrected chi connectivity index (χ3v) is 3.71. The smallest absolute Gasteiger partial charge is 0.329 e. The largest absolute Gasteiger partial charge is 0.459 e. The van der Waals surface area contributed by atoms with E-state index in [1.165, 1.54) is 6.92 Å². The lowest BCUT2D eigenvalue weighted by atomic mass is 9.98. The Labute approximate surface area is 119 Å². The normalized spacial score (nSPS) is 16.6. The molecule has 1 saturated carbocycles. The highest BCUT2D eigenvalue weighted by Crippen LogP contribution is 2.28. The maximum absolute atomic E-state index is 12.2. The number of hydrogen-bond donors (Lipinski definition) is 1. The first-order chi connectivity index (χ1) is 9.66. The van der Waals surface area contributed by atoms with Gasteiger partial charge < -0.3 is 10.1 Å². The minimum absolute atomic E-state index is 0.182. The van der Waals surface area contributed by atoms with E-state index in [1.54, 1.807) is 0 Å². The molecule has 1 aliphatic rings. The highest BCUT2D eigenvalue weighted by atomic mass is 16.5. The van der Waals surface area contributed by atoms with Crippen LogP contribution >= 0.6 is 0 Å². The standard InChI is InChI=1S/C16H21NO3/c1-12(18)17-15(14-9-5-6-10-14)16(19)20-11-13-7-3-2-4-8-13/h2-4,7-8,14-15H,5-6,9-11H2,1H3,(H,17,18). The van der Waals surface area contributed by atoms with Crippen molar-refractivity contribution in [3.05, 3.63) is 35.9 Å². The lowest BCUT2D eigenvalue weighted by Crippen LogP contribution is -2.45. The molecule has 1 fully saturated rings. The maximum Gasteiger partial charge on any atom is 0.329 e. The van der Waals surface area contributed by atoms with Crippen molar-refractivity contribution in [2.45, 2.75) is 45.3 Å². The van der Waals surface area contributed by atoms with Gasteiger partial charge in [-0.3, -0.25) is 4.79 Å². The predicted molar refractivity (Wildman–Crippen MR) is 75.8 cm³/mol. The van der Waals surface area contributed by atoms with Crippen molar-refractivity contribution in [2.24, 2.45) is 5.92 Å². The van der Waals surface area contributed by atoms with Crippen LogP contribution in [-0.2, 0) is 20.9 Å². The number of ether oxygens (including phenoxy) is 1. The fourth-order valence-electron chi connectivity index (χ4n) is 2.70. The van der Waals surface area contributed by atoms with Gasteiger partial charge in [0.25, 0.3) is 0 Å². The molecule has 0 aliphatic heterocycles. The van der Waals surface area contributed by atoms with E-state index in [0.717, 1.165) is 31.2 Å². The lowest BCUT2D eigenvalue weighted by molar-refractivity contribution is -0.150. The van der Waals surface area contributed by atoms with Gasteiger partial charge in [-0.05, 0) is 24.3 Å². The van der Waals surface area contributed by atoms with Crippen LogP contribution in [0.5, 0.6) is 0 Å². The molecule has 1 aromatic rings. The summed E-state index contributed by atoms with van der Waals surface area (Å²) in [6, 6.07) is 9.06. The average Bonchev–Trinajstić information content (AvgIpc) is 2.97. The molecule has 1 atom stereocenters. The molecule has 1 aliphatic carbocycles. The van der Waals surface area contributed by atoms with Crippen LogP contribution in [0.4, 0.5) is 0 Å². The van der Waals surface area contributed by atoms with E-state index in [9.17, 15) is 9.59 Å². The lowest BCUT2D eigenvalue weighted by Gasteiger charge is -2.22. The minimum Gasteiger partial charge on any atom is -0.459 e. The van der Waals surface area contributed by atoms with E-state index in [1.807, 2.05) is 30.3 Å². The first kappa shape index (κ1) is 14.6. The zero-order chi connectivity index (χ0) is 14.4. The Morgan fingerprint density at radius 3 is 2.50 bits per heavy atom. The quantitative estimate of drug-likeness (QED) is 0.840. The number of benzene rings is 1. The molecule has 2 rings (SSSR count). The molecule has 0 heterocycles. The molecule has 20 heavy (non-hydrogen) atoms. The van der Waals surface area contributed by atoms with Crippen LogP contribution < -0.4 is 5.32 Å². The van der Waals surface area contributed by atoms with E-state index in [-0.39, 0.29) is 24.4 Å². The summed E-state index contributed by atoms with van der Waals surface area (Å²) >= 11 is 0. The molecule has 108 valence electrons. The van der Waals surface area contributed by atoms with Crippen molar-refractivity contribution in [2.75, 3.05) is 0 Å². The third kappa shape index (κ3) is 4.08. The summed E-state index contributed by atoms with van der Waals surface area (Å²) < 4.78 is 5.35. The molecule has 0 aromatic heterocycles. The van der Waals surface area contributed by atoms with Crippen molar-refractivity contribution in [3.63, 3.8) is 0 Å². The van der Waals surface area contributed by atoms with Gasteiger partial charge in [-0.2, -0.15) is 0 Å². The number of rotatable bonds is 5. The van der Waals surface area contributed by atoms with Gasteiger partial charge >= 0.3 is 5.97 Å². The number of amides is 1. The monoisotopic (exact) mass is 275 g/mol. The van der Waals surface area contributed by atoms with Crippen molar-refractivity contribution in [3.8, 4) is 0 Å². The van der Waals surface area contributed by atoms with Crippen molar-refractivity contribution in [1.82, 2.24) is 5.32 Å². The van der Waals surface area contributed by atoms with E-state index in [0.29, 0.717) is 0 Å². The van der Waals surface area contributed by atoms with Gasteiger partial charge in [0.15, 0.2) is 0 Å². The SMILES string of the molecule is CC(=O)NC(C(=O)OCc1ccccc1)C1CCCC1. The minimum atomic E-state index is -0.501. The fourth-order valence-corrected chi connectivity index (χ4v) is 2.70. The molecule has 1 N–H and O–H groups in total. The molecular formula is C16H21NO3. The highest BCUT2D eigenvalue weighted by molar-refractivity contribution is 5.83. The van der Waals surface area contributed by atoms with Crippen molar-refractivity contribution < 1.29 is 14.3 Å². The summed E-state index contributed by atoms with van der Waals surface area (Å²) in [5.41, 5.74) is 0.953. The zero-order valence-electron chi connectivity index (χ0n) is 11.8. The summed E-state index contributed by atoms with van der Waals surface area (Å²) in [6.45, 7) is 1.69. The van der Waals surface area contributed by atoms with Gasteiger partial charge in [0.05, 0.1) is 0 Å². The van der Waals surface area contributed by atoms with Gasteiger partial charge in [0.2, 0.25) is 5.91 Å². The van der Waals surface area contributed by atoms with E-state index in [2.05, 4.69) is 5.32 Å². The van der Waals surface area contributed by atoms with E-state index < -0.39 is 6.04 Å². The number of carbonyl (C=O) groups excluding carboxylic acids is 2. The summed E-state index contributed by atoms with van der Waals surface area (Å²) in [7, 11) is 0. The molecule has 1 amide bonds. The highest BCUT2D eigenvalue weighted by Gasteiger charge is 2.32. The summed E-state index contributed by atoms with van der Waals surface area (Å²) in [6.07, 6.45) is 4.19. The maximum atomic E-state index is 12.2. The molecule has 0 bridgehead atoms. The molecular weight excluding hydrogens is 254 g/mol. The van der Waals surface area contributed by atoms with Crippen LogP contribution in [0.3, 0.4) is 0 Å². The number of nitrogens with one attached hydrogen (secondary N) is 1. The second-order valence-electron chi connectivity index (χ2n) is 5.32. The van der Waals surface area contributed by atoms with E-state index >= 15 is 0 Å².